The predicted molar refractivity (Wildman–Crippen MR) is 127 cm³/mol. The number of nitrogens with one attached hydrogen (secondary N) is 4. The average Bonchev–Trinajstić information content (AvgIpc) is 3.46. The Bertz CT molecular complexity index is 1070. The van der Waals surface area contributed by atoms with Gasteiger partial charge in [-0.1, -0.05) is 12.1 Å². The lowest BCUT2D eigenvalue weighted by atomic mass is 10.0. The largest absolute Gasteiger partial charge is 0.474 e. The molecule has 1 amide bonds. The number of H-pyrrole nitrogens is 1. The second-order valence-electron chi connectivity index (χ2n) is 8.06. The summed E-state index contributed by atoms with van der Waals surface area (Å²) in [5.74, 6) is -3.95. The number of amides is 1. The van der Waals surface area contributed by atoms with Crippen LogP contribution in [0.3, 0.4) is 0 Å². The van der Waals surface area contributed by atoms with Gasteiger partial charge >= 0.3 is 5.92 Å². The smallest absolute Gasteiger partial charge is 0.321 e. The van der Waals surface area contributed by atoms with E-state index in [0.717, 1.165) is 17.0 Å². The molecule has 34 heavy (non-hydrogen) atoms. The van der Waals surface area contributed by atoms with Crippen LogP contribution in [0, 0.1) is 5.41 Å². The van der Waals surface area contributed by atoms with Gasteiger partial charge in [0.25, 0.3) is 5.91 Å². The number of benzene rings is 1. The minimum atomic E-state index is -3.40. The minimum absolute atomic E-state index is 0.258. The molecule has 4 N–H and O–H groups in total. The molecule has 0 spiro atoms. The summed E-state index contributed by atoms with van der Waals surface area (Å²) in [5.41, 5.74) is 3.13. The second-order valence-corrected chi connectivity index (χ2v) is 8.06. The maximum atomic E-state index is 12.9. The fraction of sp³-hybridized carbons (Fsp3) is 0.333. The zero-order chi connectivity index (χ0) is 24.6. The molecule has 0 saturated heterocycles. The summed E-state index contributed by atoms with van der Waals surface area (Å²) >= 11 is 0. The number of ether oxygens (including phenoxy) is 1. The molecular formula is C24H28F2N6O2. The number of hydrogen-bond acceptors (Lipinski definition) is 6. The Morgan fingerprint density at radius 2 is 2.12 bits per heavy atom. The van der Waals surface area contributed by atoms with Crippen molar-refractivity contribution < 1.29 is 18.3 Å². The molecule has 1 aromatic carbocycles. The first-order chi connectivity index (χ1) is 16.3. The van der Waals surface area contributed by atoms with Gasteiger partial charge in [0, 0.05) is 61.0 Å². The first-order valence-corrected chi connectivity index (χ1v) is 10.9. The molecular weight excluding hydrogens is 442 g/mol. The molecule has 1 aliphatic rings. The van der Waals surface area contributed by atoms with Crippen molar-refractivity contribution >= 4 is 17.8 Å². The van der Waals surface area contributed by atoms with Crippen LogP contribution in [0.15, 0.2) is 55.0 Å². The van der Waals surface area contributed by atoms with Gasteiger partial charge in [-0.25, -0.2) is 4.98 Å². The summed E-state index contributed by atoms with van der Waals surface area (Å²) in [7, 11) is 0. The van der Waals surface area contributed by atoms with Gasteiger partial charge in [-0.05, 0) is 43.5 Å². The summed E-state index contributed by atoms with van der Waals surface area (Å²) in [6, 6.07) is 10.7. The molecule has 3 aromatic rings. The van der Waals surface area contributed by atoms with E-state index in [9.17, 15) is 13.6 Å². The van der Waals surface area contributed by atoms with Crippen LogP contribution in [0.1, 0.15) is 32.3 Å². The number of carbonyl (C=O) groups excluding carboxylic acids is 1. The van der Waals surface area contributed by atoms with Crippen molar-refractivity contribution in [1.82, 2.24) is 20.5 Å². The van der Waals surface area contributed by atoms with Gasteiger partial charge in [-0.2, -0.15) is 13.9 Å². The summed E-state index contributed by atoms with van der Waals surface area (Å²) < 4.78 is 31.1. The second kappa shape index (κ2) is 11.4. The van der Waals surface area contributed by atoms with Crippen molar-refractivity contribution in [3.05, 3.63) is 60.6 Å². The lowest BCUT2D eigenvalue weighted by Crippen LogP contribution is -2.45. The summed E-state index contributed by atoms with van der Waals surface area (Å²) in [4.78, 5) is 15.3. The van der Waals surface area contributed by atoms with Crippen molar-refractivity contribution in [1.29, 1.82) is 5.41 Å². The van der Waals surface area contributed by atoms with Gasteiger partial charge < -0.3 is 20.8 Å². The van der Waals surface area contributed by atoms with E-state index in [1.807, 2.05) is 30.3 Å². The zero-order valence-corrected chi connectivity index (χ0v) is 19.0. The van der Waals surface area contributed by atoms with Crippen LogP contribution in [-0.4, -0.2) is 51.9 Å². The molecule has 1 saturated carbocycles. The first-order valence-electron chi connectivity index (χ1n) is 10.9. The van der Waals surface area contributed by atoms with E-state index in [1.54, 1.807) is 31.6 Å². The summed E-state index contributed by atoms with van der Waals surface area (Å²) in [5, 5.41) is 19.4. The molecule has 2 aromatic heterocycles. The highest BCUT2D eigenvalue weighted by atomic mass is 19.3. The van der Waals surface area contributed by atoms with Crippen LogP contribution in [0.4, 0.5) is 14.5 Å². The molecule has 1 fully saturated rings. The van der Waals surface area contributed by atoms with Crippen LogP contribution in [0.5, 0.6) is 5.88 Å². The molecule has 10 heteroatoms. The molecule has 0 radical (unpaired) electrons. The number of halogens is 2. The van der Waals surface area contributed by atoms with Crippen LogP contribution < -0.4 is 15.4 Å². The molecule has 180 valence electrons. The van der Waals surface area contributed by atoms with Crippen molar-refractivity contribution in [2.45, 2.75) is 44.8 Å². The number of aromatic amines is 1. The Morgan fingerprint density at radius 1 is 1.32 bits per heavy atom. The van der Waals surface area contributed by atoms with E-state index in [1.165, 1.54) is 19.1 Å². The van der Waals surface area contributed by atoms with E-state index in [2.05, 4.69) is 25.8 Å². The molecule has 1 aliphatic carbocycles. The van der Waals surface area contributed by atoms with Gasteiger partial charge in [-0.15, -0.1) is 0 Å². The SMILES string of the molecule is CC(CNc1ccc(-c2cn[nH]c2)cc1C=N)NC(=O)C(C)(F)F.c1ccc(OC2CC2)nc1. The third-order valence-electron chi connectivity index (χ3n) is 4.86. The highest BCUT2D eigenvalue weighted by Gasteiger charge is 2.32. The number of pyridine rings is 1. The first kappa shape index (κ1) is 24.8. The standard InChI is InChI=1S/C16H19F2N5O.C8H9NO/c1-10(23-15(24)16(2,17)18)7-20-14-4-3-11(5-12(14)6-19)13-8-21-22-9-13;1-2-6-9-8(3-1)10-7-4-5-7/h3-6,8-10,19-20H,7H2,1-2H3,(H,21,22)(H,23,24);1-3,6-7H,4-5H2. The molecule has 1 unspecified atom stereocenters. The molecule has 1 atom stereocenters. The van der Waals surface area contributed by atoms with Crippen LogP contribution in [-0.2, 0) is 4.79 Å². The van der Waals surface area contributed by atoms with Crippen molar-refractivity contribution in [2.75, 3.05) is 11.9 Å². The Labute approximate surface area is 196 Å². The van der Waals surface area contributed by atoms with E-state index in [-0.39, 0.29) is 6.54 Å². The Kier molecular flexibility index (Phi) is 8.29. The highest BCUT2D eigenvalue weighted by Crippen LogP contribution is 2.25. The maximum absolute atomic E-state index is 12.9. The van der Waals surface area contributed by atoms with Crippen molar-refractivity contribution in [3.8, 4) is 17.0 Å². The number of carbonyl (C=O) groups is 1. The van der Waals surface area contributed by atoms with E-state index >= 15 is 0 Å². The zero-order valence-electron chi connectivity index (χ0n) is 19.0. The molecule has 2 heterocycles. The number of rotatable bonds is 9. The number of hydrogen-bond donors (Lipinski definition) is 4. The fourth-order valence-electron chi connectivity index (χ4n) is 2.87. The van der Waals surface area contributed by atoms with Gasteiger partial charge in [0.15, 0.2) is 0 Å². The molecule has 4 rings (SSSR count). The van der Waals surface area contributed by atoms with Crippen molar-refractivity contribution in [3.63, 3.8) is 0 Å². The van der Waals surface area contributed by atoms with Gasteiger partial charge in [0.2, 0.25) is 5.88 Å². The highest BCUT2D eigenvalue weighted by molar-refractivity contribution is 5.88. The van der Waals surface area contributed by atoms with Gasteiger partial charge in [0.05, 0.1) is 6.20 Å². The lowest BCUT2D eigenvalue weighted by molar-refractivity contribution is -0.143. The topological polar surface area (TPSA) is 116 Å². The van der Waals surface area contributed by atoms with Gasteiger partial charge in [-0.3, -0.25) is 9.89 Å². The van der Waals surface area contributed by atoms with Crippen LogP contribution in [0.25, 0.3) is 11.1 Å². The fourth-order valence-corrected chi connectivity index (χ4v) is 2.87. The molecule has 8 nitrogen and oxygen atoms in total. The monoisotopic (exact) mass is 470 g/mol. The average molecular weight is 471 g/mol. The number of nitrogens with zero attached hydrogens (tertiary/aromatic N) is 2. The molecule has 0 bridgehead atoms. The predicted octanol–water partition coefficient (Wildman–Crippen LogP) is 4.27. The number of alkyl halides is 2. The Hall–Kier alpha value is -3.82. The summed E-state index contributed by atoms with van der Waals surface area (Å²) in [6.07, 6.45) is 9.22. The van der Waals surface area contributed by atoms with Crippen LogP contribution >= 0.6 is 0 Å². The normalized spacial score (nSPS) is 13.8. The number of aromatic nitrogens is 3. The number of anilines is 1. The lowest BCUT2D eigenvalue weighted by Gasteiger charge is -2.19. The maximum Gasteiger partial charge on any atom is 0.321 e. The van der Waals surface area contributed by atoms with E-state index in [0.29, 0.717) is 24.3 Å². The summed E-state index contributed by atoms with van der Waals surface area (Å²) in [6.45, 7) is 2.44. The third-order valence-corrected chi connectivity index (χ3v) is 4.86. The van der Waals surface area contributed by atoms with Crippen LogP contribution in [0.2, 0.25) is 0 Å². The Balaban J connectivity index is 0.000000266. The van der Waals surface area contributed by atoms with Gasteiger partial charge in [0.1, 0.15) is 6.10 Å². The van der Waals surface area contributed by atoms with E-state index < -0.39 is 17.9 Å². The minimum Gasteiger partial charge on any atom is -0.474 e. The Morgan fingerprint density at radius 3 is 2.71 bits per heavy atom. The van der Waals surface area contributed by atoms with E-state index in [4.69, 9.17) is 10.1 Å². The quantitative estimate of drug-likeness (QED) is 0.349. The van der Waals surface area contributed by atoms with Crippen molar-refractivity contribution in [2.24, 2.45) is 0 Å². The molecule has 0 aliphatic heterocycles. The third kappa shape index (κ3) is 7.65.